The van der Waals surface area contributed by atoms with Gasteiger partial charge in [-0.3, -0.25) is 0 Å². The second-order valence-electron chi connectivity index (χ2n) is 3.19. The monoisotopic (exact) mass is 269 g/mol. The fourth-order valence-corrected chi connectivity index (χ4v) is 2.82. The van der Waals surface area contributed by atoms with Crippen LogP contribution in [0, 0.1) is 0 Å². The van der Waals surface area contributed by atoms with Gasteiger partial charge in [0.2, 0.25) is 0 Å². The lowest BCUT2D eigenvalue weighted by atomic mass is 10.1. The van der Waals surface area contributed by atoms with Gasteiger partial charge in [0.05, 0.1) is 0 Å². The van der Waals surface area contributed by atoms with Gasteiger partial charge in [-0.15, -0.1) is 11.3 Å². The number of carboxylic acid groups (broad SMARTS) is 1. The number of hydrogen-bond donors (Lipinski definition) is 1. The van der Waals surface area contributed by atoms with Crippen molar-refractivity contribution in [2.24, 2.45) is 5.16 Å². The van der Waals surface area contributed by atoms with Crippen molar-refractivity contribution in [1.29, 1.82) is 0 Å². The van der Waals surface area contributed by atoms with Crippen LogP contribution < -0.4 is 0 Å². The van der Waals surface area contributed by atoms with Gasteiger partial charge < -0.3 is 9.94 Å². The number of carbonyl (C=O) groups is 1. The van der Waals surface area contributed by atoms with E-state index in [1.54, 1.807) is 11.4 Å². The summed E-state index contributed by atoms with van der Waals surface area (Å²) in [5.41, 5.74) is 0.330. The largest absolute Gasteiger partial charge is 0.476 e. The topological polar surface area (TPSA) is 58.9 Å². The molecule has 2 aromatic rings. The molecule has 0 aliphatic rings. The molecule has 4 nitrogen and oxygen atoms in total. The Bertz CT molecular complexity index is 606. The van der Waals surface area contributed by atoms with Crippen LogP contribution in [0.15, 0.2) is 28.7 Å². The number of nitrogens with zero attached hydrogens (tertiary/aromatic N) is 1. The molecule has 2 rings (SSSR count). The zero-order valence-electron chi connectivity index (χ0n) is 8.81. The number of rotatable bonds is 3. The van der Waals surface area contributed by atoms with Gasteiger partial charge in [-0.25, -0.2) is 4.79 Å². The van der Waals surface area contributed by atoms with E-state index in [-0.39, 0.29) is 5.71 Å². The highest BCUT2D eigenvalue weighted by Gasteiger charge is 2.19. The Labute approximate surface area is 106 Å². The van der Waals surface area contributed by atoms with E-state index in [2.05, 4.69) is 9.99 Å². The first-order valence-corrected chi connectivity index (χ1v) is 5.91. The molecule has 0 saturated carbocycles. The minimum absolute atomic E-state index is 0.146. The lowest BCUT2D eigenvalue weighted by Gasteiger charge is -2.00. The first kappa shape index (κ1) is 11.9. The van der Waals surface area contributed by atoms with E-state index in [4.69, 9.17) is 16.7 Å². The zero-order chi connectivity index (χ0) is 12.4. The van der Waals surface area contributed by atoms with Crippen LogP contribution in [0.3, 0.4) is 0 Å². The summed E-state index contributed by atoms with van der Waals surface area (Å²) in [7, 11) is 1.30. The number of benzene rings is 1. The van der Waals surface area contributed by atoms with Crippen LogP contribution in [0.5, 0.6) is 0 Å². The molecule has 0 aliphatic heterocycles. The standard InChI is InChI=1S/C11H8ClNO3S/c1-16-13-10(11(14)15)6-5-17-8-4-2-3-7(12)9(6)8/h2-5H,1H3,(H,14,15). The number of thiophene rings is 1. The fraction of sp³-hybridized carbons (Fsp3) is 0.0909. The summed E-state index contributed by atoms with van der Waals surface area (Å²) in [5.74, 6) is -1.15. The van der Waals surface area contributed by atoms with Crippen molar-refractivity contribution in [3.05, 3.63) is 34.2 Å². The molecular formula is C11H8ClNO3S. The number of carboxylic acids is 1. The first-order chi connectivity index (χ1) is 8.15. The van der Waals surface area contributed by atoms with Crippen molar-refractivity contribution in [2.45, 2.75) is 0 Å². The maximum atomic E-state index is 11.1. The van der Waals surface area contributed by atoms with Crippen LogP contribution in [0.2, 0.25) is 5.02 Å². The highest BCUT2D eigenvalue weighted by atomic mass is 35.5. The number of fused-ring (bicyclic) bond motifs is 1. The molecule has 1 N–H and O–H groups in total. The summed E-state index contributed by atoms with van der Waals surface area (Å²) in [4.78, 5) is 15.6. The molecular weight excluding hydrogens is 262 g/mol. The Balaban J connectivity index is 2.70. The summed E-state index contributed by atoms with van der Waals surface area (Å²) in [5, 5.41) is 15.5. The normalized spacial score (nSPS) is 11.8. The van der Waals surface area contributed by atoms with Crippen molar-refractivity contribution in [1.82, 2.24) is 0 Å². The summed E-state index contributed by atoms with van der Waals surface area (Å²) in [6.07, 6.45) is 0. The van der Waals surface area contributed by atoms with Gasteiger partial charge >= 0.3 is 5.97 Å². The molecule has 1 aromatic carbocycles. The summed E-state index contributed by atoms with van der Waals surface area (Å²) < 4.78 is 0.914. The Hall–Kier alpha value is -1.59. The molecule has 0 fully saturated rings. The molecule has 0 amide bonds. The van der Waals surface area contributed by atoms with Gasteiger partial charge in [-0.2, -0.15) is 0 Å². The van der Waals surface area contributed by atoms with Gasteiger partial charge in [0.1, 0.15) is 7.11 Å². The maximum absolute atomic E-state index is 11.1. The van der Waals surface area contributed by atoms with Crippen LogP contribution in [0.1, 0.15) is 5.56 Å². The number of halogens is 1. The minimum atomic E-state index is -1.15. The first-order valence-electron chi connectivity index (χ1n) is 4.65. The van der Waals surface area contributed by atoms with Gasteiger partial charge in [0.15, 0.2) is 5.71 Å². The highest BCUT2D eigenvalue weighted by molar-refractivity contribution is 7.17. The van der Waals surface area contributed by atoms with E-state index in [1.165, 1.54) is 18.4 Å². The van der Waals surface area contributed by atoms with E-state index in [0.29, 0.717) is 16.0 Å². The molecule has 0 saturated heterocycles. The second-order valence-corrected chi connectivity index (χ2v) is 4.51. The van der Waals surface area contributed by atoms with Crippen LogP contribution in [-0.4, -0.2) is 23.9 Å². The smallest absolute Gasteiger partial charge is 0.358 e. The maximum Gasteiger partial charge on any atom is 0.358 e. The number of oxime groups is 1. The van der Waals surface area contributed by atoms with Crippen LogP contribution in [-0.2, 0) is 9.63 Å². The van der Waals surface area contributed by atoms with Crippen molar-refractivity contribution >= 4 is 44.7 Å². The van der Waals surface area contributed by atoms with Crippen molar-refractivity contribution < 1.29 is 14.7 Å². The highest BCUT2D eigenvalue weighted by Crippen LogP contribution is 2.32. The average molecular weight is 270 g/mol. The Morgan fingerprint density at radius 3 is 2.94 bits per heavy atom. The third kappa shape index (κ3) is 2.11. The van der Waals surface area contributed by atoms with E-state index < -0.39 is 5.97 Å². The molecule has 0 aliphatic carbocycles. The molecule has 0 atom stereocenters. The SMILES string of the molecule is CON=C(C(=O)O)c1csc2cccc(Cl)c12. The molecule has 0 bridgehead atoms. The summed E-state index contributed by atoms with van der Waals surface area (Å²) in [6, 6.07) is 5.41. The Kier molecular flexibility index (Phi) is 3.31. The summed E-state index contributed by atoms with van der Waals surface area (Å²) in [6.45, 7) is 0. The van der Waals surface area contributed by atoms with Crippen LogP contribution in [0.25, 0.3) is 10.1 Å². The van der Waals surface area contributed by atoms with Gasteiger partial charge in [-0.05, 0) is 12.1 Å². The van der Waals surface area contributed by atoms with Gasteiger partial charge in [-0.1, -0.05) is 22.8 Å². The third-order valence-corrected chi connectivity index (χ3v) is 3.45. The number of hydrogen-bond acceptors (Lipinski definition) is 4. The molecule has 17 heavy (non-hydrogen) atoms. The molecule has 1 heterocycles. The van der Waals surface area contributed by atoms with E-state index in [1.807, 2.05) is 12.1 Å². The number of aliphatic carboxylic acids is 1. The molecule has 6 heteroatoms. The quantitative estimate of drug-likeness (QED) is 0.688. The Morgan fingerprint density at radius 2 is 2.29 bits per heavy atom. The predicted molar refractivity (Wildman–Crippen MR) is 68.0 cm³/mol. The van der Waals surface area contributed by atoms with Gasteiger partial charge in [0, 0.05) is 26.1 Å². The molecule has 0 spiro atoms. The van der Waals surface area contributed by atoms with E-state index in [9.17, 15) is 4.79 Å². The van der Waals surface area contributed by atoms with Crippen molar-refractivity contribution in [2.75, 3.05) is 7.11 Å². The lowest BCUT2D eigenvalue weighted by Crippen LogP contribution is -2.14. The molecule has 0 radical (unpaired) electrons. The van der Waals surface area contributed by atoms with Crippen LogP contribution >= 0.6 is 22.9 Å². The van der Waals surface area contributed by atoms with E-state index >= 15 is 0 Å². The lowest BCUT2D eigenvalue weighted by molar-refractivity contribution is -0.129. The Morgan fingerprint density at radius 1 is 1.53 bits per heavy atom. The second kappa shape index (κ2) is 4.73. The van der Waals surface area contributed by atoms with Gasteiger partial charge in [0.25, 0.3) is 0 Å². The minimum Gasteiger partial charge on any atom is -0.476 e. The van der Waals surface area contributed by atoms with Crippen molar-refractivity contribution in [3.8, 4) is 0 Å². The summed E-state index contributed by atoms with van der Waals surface area (Å²) >= 11 is 7.49. The fourth-order valence-electron chi connectivity index (χ4n) is 1.51. The average Bonchev–Trinajstić information content (AvgIpc) is 2.70. The van der Waals surface area contributed by atoms with Crippen LogP contribution in [0.4, 0.5) is 0 Å². The third-order valence-electron chi connectivity index (χ3n) is 2.19. The molecule has 0 unspecified atom stereocenters. The molecule has 1 aromatic heterocycles. The zero-order valence-corrected chi connectivity index (χ0v) is 10.4. The van der Waals surface area contributed by atoms with Crippen molar-refractivity contribution in [3.63, 3.8) is 0 Å². The predicted octanol–water partition coefficient (Wildman–Crippen LogP) is 2.99. The van der Waals surface area contributed by atoms with E-state index in [0.717, 1.165) is 4.70 Å². The molecule has 88 valence electrons.